The van der Waals surface area contributed by atoms with Gasteiger partial charge in [0.15, 0.2) is 0 Å². The van der Waals surface area contributed by atoms with Crippen molar-refractivity contribution in [3.05, 3.63) is 70.9 Å². The molecule has 0 N–H and O–H groups in total. The highest BCUT2D eigenvalue weighted by Crippen LogP contribution is 2.33. The van der Waals surface area contributed by atoms with Crippen LogP contribution in [0.5, 0.6) is 0 Å². The average molecular weight is 334 g/mol. The largest absolute Gasteiger partial charge is 0.339 e. The van der Waals surface area contributed by atoms with Crippen LogP contribution in [0.4, 0.5) is 5.69 Å². The third-order valence-electron chi connectivity index (χ3n) is 4.73. The van der Waals surface area contributed by atoms with E-state index >= 15 is 0 Å². The fourth-order valence-corrected chi connectivity index (χ4v) is 3.10. The van der Waals surface area contributed by atoms with E-state index in [1.54, 1.807) is 4.90 Å². The van der Waals surface area contributed by atoms with E-state index in [0.717, 1.165) is 22.4 Å². The summed E-state index contributed by atoms with van der Waals surface area (Å²) in [6, 6.07) is 15.5. The minimum Gasteiger partial charge on any atom is -0.339 e. The molecule has 2 aromatic rings. The maximum absolute atomic E-state index is 12.9. The average Bonchev–Trinajstić information content (AvgIpc) is 2.87. The normalized spacial score (nSPS) is 14.5. The zero-order valence-electron chi connectivity index (χ0n) is 15.0. The summed E-state index contributed by atoms with van der Waals surface area (Å²) >= 11 is 0. The van der Waals surface area contributed by atoms with Crippen LogP contribution >= 0.6 is 0 Å². The van der Waals surface area contributed by atoms with Crippen molar-refractivity contribution in [1.82, 2.24) is 4.90 Å². The van der Waals surface area contributed by atoms with E-state index in [0.29, 0.717) is 17.8 Å². The Balaban J connectivity index is 2.19. The Hall–Kier alpha value is -2.88. The Morgan fingerprint density at radius 3 is 2.20 bits per heavy atom. The quantitative estimate of drug-likeness (QED) is 0.803. The van der Waals surface area contributed by atoms with Gasteiger partial charge in [-0.25, -0.2) is 0 Å². The van der Waals surface area contributed by atoms with Gasteiger partial charge in [-0.1, -0.05) is 36.4 Å². The van der Waals surface area contributed by atoms with Crippen LogP contribution in [0.3, 0.4) is 0 Å². The predicted molar refractivity (Wildman–Crippen MR) is 100 cm³/mol. The number of amides is 2. The Kier molecular flexibility index (Phi) is 4.45. The van der Waals surface area contributed by atoms with E-state index < -0.39 is 0 Å². The number of aryl methyl sites for hydroxylation is 2. The summed E-state index contributed by atoms with van der Waals surface area (Å²) in [5.74, 6) is -0.472. The third kappa shape index (κ3) is 2.84. The fraction of sp³-hybridized carbons (Fsp3) is 0.238. The van der Waals surface area contributed by atoms with Crippen molar-refractivity contribution in [1.29, 1.82) is 0 Å². The molecule has 4 nitrogen and oxygen atoms in total. The van der Waals surface area contributed by atoms with Gasteiger partial charge in [-0.2, -0.15) is 0 Å². The van der Waals surface area contributed by atoms with Crippen LogP contribution in [0.15, 0.2) is 54.2 Å². The number of imide groups is 1. The van der Waals surface area contributed by atoms with Gasteiger partial charge in [0.05, 0.1) is 5.57 Å². The van der Waals surface area contributed by atoms with Crippen LogP contribution in [-0.2, 0) is 9.59 Å². The summed E-state index contributed by atoms with van der Waals surface area (Å²) in [7, 11) is 1.83. The monoisotopic (exact) mass is 334 g/mol. The van der Waals surface area contributed by atoms with E-state index in [4.69, 9.17) is 0 Å². The Labute approximate surface area is 148 Å². The molecule has 2 amide bonds. The van der Waals surface area contributed by atoms with Gasteiger partial charge in [-0.15, -0.1) is 0 Å². The molecule has 4 heteroatoms. The Morgan fingerprint density at radius 2 is 1.60 bits per heavy atom. The smallest absolute Gasteiger partial charge is 0.278 e. The van der Waals surface area contributed by atoms with Crippen molar-refractivity contribution in [3.63, 3.8) is 0 Å². The Morgan fingerprint density at radius 1 is 0.920 bits per heavy atom. The molecular formula is C21H22N2O2. The second kappa shape index (κ2) is 6.55. The van der Waals surface area contributed by atoms with Crippen LogP contribution < -0.4 is 4.90 Å². The Bertz CT molecular complexity index is 869. The highest BCUT2D eigenvalue weighted by Gasteiger charge is 2.40. The lowest BCUT2D eigenvalue weighted by Gasteiger charge is -2.21. The molecule has 0 unspecified atom stereocenters. The van der Waals surface area contributed by atoms with Gasteiger partial charge in [0.25, 0.3) is 11.8 Å². The predicted octanol–water partition coefficient (Wildman–Crippen LogP) is 3.54. The van der Waals surface area contributed by atoms with Gasteiger partial charge in [-0.3, -0.25) is 14.5 Å². The van der Waals surface area contributed by atoms with E-state index in [9.17, 15) is 9.59 Å². The van der Waals surface area contributed by atoms with Gasteiger partial charge in [0.2, 0.25) is 0 Å². The summed E-state index contributed by atoms with van der Waals surface area (Å²) in [5, 5.41) is 0. The molecule has 1 heterocycles. The van der Waals surface area contributed by atoms with Crippen molar-refractivity contribution >= 4 is 23.1 Å². The summed E-state index contributed by atoms with van der Waals surface area (Å²) in [4.78, 5) is 28.9. The first-order chi connectivity index (χ1) is 12.0. The molecule has 0 radical (unpaired) electrons. The maximum atomic E-state index is 12.9. The van der Waals surface area contributed by atoms with Crippen LogP contribution in [-0.4, -0.2) is 30.3 Å². The van der Waals surface area contributed by atoms with Crippen molar-refractivity contribution < 1.29 is 9.59 Å². The summed E-state index contributed by atoms with van der Waals surface area (Å²) in [6.45, 7) is 6.22. The molecule has 1 aliphatic rings. The van der Waals surface area contributed by atoms with Crippen molar-refractivity contribution in [2.45, 2.75) is 20.8 Å². The van der Waals surface area contributed by atoms with E-state index in [-0.39, 0.29) is 11.8 Å². The molecule has 25 heavy (non-hydrogen) atoms. The number of likely N-dealkylation sites (N-methyl/N-ethyl adjacent to an activating group) is 2. The number of nitrogens with zero attached hydrogens (tertiary/aromatic N) is 2. The second-order valence-corrected chi connectivity index (χ2v) is 6.27. The van der Waals surface area contributed by atoms with Crippen LogP contribution in [0.25, 0.3) is 5.57 Å². The molecule has 0 spiro atoms. The van der Waals surface area contributed by atoms with Gasteiger partial charge < -0.3 is 4.90 Å². The molecule has 128 valence electrons. The number of rotatable bonds is 4. The van der Waals surface area contributed by atoms with Crippen molar-refractivity contribution in [3.8, 4) is 0 Å². The number of anilines is 1. The molecule has 0 atom stereocenters. The molecule has 0 aliphatic carbocycles. The standard InChI is InChI=1S/C21H22N2O2/c1-5-23-20(24)18(16-12-11-14(2)15(3)13-16)19(21(23)25)22(4)17-9-7-6-8-10-17/h6-13H,5H2,1-4H3. The molecule has 2 aromatic carbocycles. The number of carbonyl (C=O) groups is 2. The van der Waals surface area contributed by atoms with Crippen molar-refractivity contribution in [2.75, 3.05) is 18.5 Å². The first-order valence-corrected chi connectivity index (χ1v) is 8.42. The zero-order chi connectivity index (χ0) is 18.1. The highest BCUT2D eigenvalue weighted by atomic mass is 16.2. The van der Waals surface area contributed by atoms with Crippen LogP contribution in [0.1, 0.15) is 23.6 Å². The fourth-order valence-electron chi connectivity index (χ4n) is 3.10. The molecule has 0 saturated heterocycles. The SMILES string of the molecule is CCN1C(=O)C(c2ccc(C)c(C)c2)=C(N(C)c2ccccc2)C1=O. The molecule has 0 fully saturated rings. The molecule has 0 bridgehead atoms. The number of hydrogen-bond acceptors (Lipinski definition) is 3. The summed E-state index contributed by atoms with van der Waals surface area (Å²) in [5.41, 5.74) is 4.82. The van der Waals surface area contributed by atoms with Crippen LogP contribution in [0, 0.1) is 13.8 Å². The first kappa shape index (κ1) is 17.0. The number of carbonyl (C=O) groups excluding carboxylic acids is 2. The molecular weight excluding hydrogens is 312 g/mol. The molecule has 1 aliphatic heterocycles. The summed E-state index contributed by atoms with van der Waals surface area (Å²) in [6.07, 6.45) is 0. The molecule has 0 saturated carbocycles. The first-order valence-electron chi connectivity index (χ1n) is 8.42. The summed E-state index contributed by atoms with van der Waals surface area (Å²) < 4.78 is 0. The number of para-hydroxylation sites is 1. The minimum absolute atomic E-state index is 0.228. The lowest BCUT2D eigenvalue weighted by atomic mass is 9.99. The number of benzene rings is 2. The highest BCUT2D eigenvalue weighted by molar-refractivity contribution is 6.36. The number of hydrogen-bond donors (Lipinski definition) is 0. The van der Waals surface area contributed by atoms with E-state index in [1.165, 1.54) is 4.90 Å². The topological polar surface area (TPSA) is 40.6 Å². The molecule has 3 rings (SSSR count). The van der Waals surface area contributed by atoms with Gasteiger partial charge in [0.1, 0.15) is 5.70 Å². The van der Waals surface area contributed by atoms with E-state index in [2.05, 4.69) is 0 Å². The molecule has 0 aromatic heterocycles. The van der Waals surface area contributed by atoms with Gasteiger partial charge in [0, 0.05) is 19.3 Å². The third-order valence-corrected chi connectivity index (χ3v) is 4.73. The second-order valence-electron chi connectivity index (χ2n) is 6.27. The van der Waals surface area contributed by atoms with Gasteiger partial charge >= 0.3 is 0 Å². The zero-order valence-corrected chi connectivity index (χ0v) is 15.0. The lowest BCUT2D eigenvalue weighted by molar-refractivity contribution is -0.136. The van der Waals surface area contributed by atoms with Gasteiger partial charge in [-0.05, 0) is 49.6 Å². The maximum Gasteiger partial charge on any atom is 0.278 e. The minimum atomic E-state index is -0.243. The van der Waals surface area contributed by atoms with Crippen molar-refractivity contribution in [2.24, 2.45) is 0 Å². The van der Waals surface area contributed by atoms with Crippen LogP contribution in [0.2, 0.25) is 0 Å². The lowest BCUT2D eigenvalue weighted by Crippen LogP contribution is -2.33. The van der Waals surface area contributed by atoms with E-state index in [1.807, 2.05) is 76.3 Å².